The Hall–Kier alpha value is -3.21. The van der Waals surface area contributed by atoms with Gasteiger partial charge in [0.2, 0.25) is 5.78 Å². The van der Waals surface area contributed by atoms with Crippen LogP contribution in [0.25, 0.3) is 5.69 Å². The molecule has 0 bridgehead atoms. The van der Waals surface area contributed by atoms with Gasteiger partial charge in [-0.25, -0.2) is 9.48 Å². The SMILES string of the molecule is Cc1nn(-c2ccccc2)c(C)c1C(=O)OC(C)C(=O)c1ccccc1. The van der Waals surface area contributed by atoms with Gasteiger partial charge in [-0.3, -0.25) is 4.79 Å². The number of Topliss-reactive ketones (excluding diaryl/α,β-unsaturated/α-hetero) is 1. The first-order valence-electron chi connectivity index (χ1n) is 8.41. The minimum Gasteiger partial charge on any atom is -0.451 e. The second-order valence-corrected chi connectivity index (χ2v) is 6.07. The molecule has 0 N–H and O–H groups in total. The quantitative estimate of drug-likeness (QED) is 0.518. The lowest BCUT2D eigenvalue weighted by Crippen LogP contribution is -2.25. The zero-order valence-electron chi connectivity index (χ0n) is 15.0. The molecule has 0 amide bonds. The molecule has 26 heavy (non-hydrogen) atoms. The summed E-state index contributed by atoms with van der Waals surface area (Å²) >= 11 is 0. The van der Waals surface area contributed by atoms with Gasteiger partial charge in [0.1, 0.15) is 5.56 Å². The first-order valence-corrected chi connectivity index (χ1v) is 8.41. The molecule has 1 atom stereocenters. The van der Waals surface area contributed by atoms with E-state index in [1.165, 1.54) is 0 Å². The van der Waals surface area contributed by atoms with E-state index in [4.69, 9.17) is 4.74 Å². The van der Waals surface area contributed by atoms with Gasteiger partial charge in [-0.15, -0.1) is 0 Å². The third-order valence-corrected chi connectivity index (χ3v) is 4.21. The fourth-order valence-corrected chi connectivity index (χ4v) is 2.87. The van der Waals surface area contributed by atoms with Crippen molar-refractivity contribution in [1.29, 1.82) is 0 Å². The van der Waals surface area contributed by atoms with Crippen LogP contribution in [0.15, 0.2) is 60.7 Å². The van der Waals surface area contributed by atoms with Crippen molar-refractivity contribution in [2.45, 2.75) is 26.9 Å². The molecule has 1 unspecified atom stereocenters. The maximum absolute atomic E-state index is 12.6. The van der Waals surface area contributed by atoms with Crippen molar-refractivity contribution in [3.8, 4) is 5.69 Å². The van der Waals surface area contributed by atoms with E-state index in [2.05, 4.69) is 5.10 Å². The fraction of sp³-hybridized carbons (Fsp3) is 0.190. The van der Waals surface area contributed by atoms with Crippen molar-refractivity contribution in [2.24, 2.45) is 0 Å². The molecule has 5 heteroatoms. The van der Waals surface area contributed by atoms with Crippen LogP contribution in [-0.4, -0.2) is 27.6 Å². The van der Waals surface area contributed by atoms with Gasteiger partial charge in [-0.2, -0.15) is 5.10 Å². The number of aromatic nitrogens is 2. The van der Waals surface area contributed by atoms with Crippen LogP contribution in [0.5, 0.6) is 0 Å². The molecule has 5 nitrogen and oxygen atoms in total. The molecule has 2 aromatic carbocycles. The number of carbonyl (C=O) groups excluding carboxylic acids is 2. The number of ketones is 1. The van der Waals surface area contributed by atoms with Gasteiger partial charge < -0.3 is 4.74 Å². The lowest BCUT2D eigenvalue weighted by molar-refractivity contribution is 0.0317. The first-order chi connectivity index (χ1) is 12.5. The number of rotatable bonds is 5. The van der Waals surface area contributed by atoms with Crippen molar-refractivity contribution in [3.63, 3.8) is 0 Å². The highest BCUT2D eigenvalue weighted by atomic mass is 16.5. The number of ether oxygens (including phenoxy) is 1. The Balaban J connectivity index is 1.82. The second kappa shape index (κ2) is 7.35. The van der Waals surface area contributed by atoms with Crippen molar-refractivity contribution >= 4 is 11.8 Å². The normalized spacial score (nSPS) is 11.8. The van der Waals surface area contributed by atoms with Crippen LogP contribution in [0.4, 0.5) is 0 Å². The van der Waals surface area contributed by atoms with Crippen LogP contribution < -0.4 is 0 Å². The van der Waals surface area contributed by atoms with E-state index in [0.29, 0.717) is 22.5 Å². The lowest BCUT2D eigenvalue weighted by atomic mass is 10.1. The third-order valence-electron chi connectivity index (χ3n) is 4.21. The number of nitrogens with zero attached hydrogens (tertiary/aromatic N) is 2. The predicted octanol–water partition coefficient (Wildman–Crippen LogP) is 3.92. The van der Waals surface area contributed by atoms with Gasteiger partial charge in [0.05, 0.1) is 17.1 Å². The summed E-state index contributed by atoms with van der Waals surface area (Å²) < 4.78 is 7.13. The average Bonchev–Trinajstić information content (AvgIpc) is 2.96. The fourth-order valence-electron chi connectivity index (χ4n) is 2.87. The number of hydrogen-bond donors (Lipinski definition) is 0. The van der Waals surface area contributed by atoms with E-state index in [-0.39, 0.29) is 5.78 Å². The molecule has 3 aromatic rings. The van der Waals surface area contributed by atoms with E-state index in [1.54, 1.807) is 42.8 Å². The molecule has 0 aliphatic carbocycles. The third kappa shape index (κ3) is 3.42. The molecule has 0 aliphatic rings. The van der Waals surface area contributed by atoms with Gasteiger partial charge >= 0.3 is 5.97 Å². The number of carbonyl (C=O) groups is 2. The summed E-state index contributed by atoms with van der Waals surface area (Å²) in [7, 11) is 0. The summed E-state index contributed by atoms with van der Waals surface area (Å²) in [4.78, 5) is 25.1. The topological polar surface area (TPSA) is 61.2 Å². The molecule has 0 spiro atoms. The van der Waals surface area contributed by atoms with Crippen LogP contribution in [0.1, 0.15) is 39.0 Å². The van der Waals surface area contributed by atoms with E-state index < -0.39 is 12.1 Å². The highest BCUT2D eigenvalue weighted by Gasteiger charge is 2.25. The Bertz CT molecular complexity index is 931. The van der Waals surface area contributed by atoms with Crippen LogP contribution in [0.2, 0.25) is 0 Å². The smallest absolute Gasteiger partial charge is 0.342 e. The standard InChI is InChI=1S/C21H20N2O3/c1-14-19(15(2)23(22-14)18-12-8-5-9-13-18)21(25)26-16(3)20(24)17-10-6-4-7-11-17/h4-13,16H,1-3H3. The van der Waals surface area contributed by atoms with Crippen molar-refractivity contribution < 1.29 is 14.3 Å². The molecular weight excluding hydrogens is 328 g/mol. The maximum atomic E-state index is 12.6. The van der Waals surface area contributed by atoms with E-state index in [9.17, 15) is 9.59 Å². The van der Waals surface area contributed by atoms with Crippen LogP contribution in [-0.2, 0) is 4.74 Å². The summed E-state index contributed by atoms with van der Waals surface area (Å²) in [5.41, 5.74) is 3.01. The van der Waals surface area contributed by atoms with Crippen molar-refractivity contribution in [2.75, 3.05) is 0 Å². The van der Waals surface area contributed by atoms with Gasteiger partial charge in [0.15, 0.2) is 6.10 Å². The van der Waals surface area contributed by atoms with Gasteiger partial charge in [-0.1, -0.05) is 48.5 Å². The highest BCUT2D eigenvalue weighted by molar-refractivity contribution is 6.01. The Morgan fingerprint density at radius 1 is 0.962 bits per heavy atom. The molecule has 0 saturated heterocycles. The molecule has 0 aliphatic heterocycles. The van der Waals surface area contributed by atoms with Gasteiger partial charge in [0.25, 0.3) is 0 Å². The van der Waals surface area contributed by atoms with Crippen LogP contribution in [0, 0.1) is 13.8 Å². The highest BCUT2D eigenvalue weighted by Crippen LogP contribution is 2.20. The summed E-state index contributed by atoms with van der Waals surface area (Å²) in [6.07, 6.45) is -0.872. The molecule has 132 valence electrons. The zero-order chi connectivity index (χ0) is 18.7. The number of benzene rings is 2. The molecule has 0 saturated carbocycles. The maximum Gasteiger partial charge on any atom is 0.342 e. The summed E-state index contributed by atoms with van der Waals surface area (Å²) in [6, 6.07) is 18.4. The second-order valence-electron chi connectivity index (χ2n) is 6.07. The Morgan fingerprint density at radius 3 is 2.15 bits per heavy atom. The Labute approximate surface area is 152 Å². The number of aryl methyl sites for hydroxylation is 1. The lowest BCUT2D eigenvalue weighted by Gasteiger charge is -2.12. The molecule has 3 rings (SSSR count). The van der Waals surface area contributed by atoms with Gasteiger partial charge in [0, 0.05) is 5.56 Å². The molecule has 1 aromatic heterocycles. The molecular formula is C21H20N2O3. The Kier molecular flexibility index (Phi) is 4.98. The monoisotopic (exact) mass is 348 g/mol. The van der Waals surface area contributed by atoms with Crippen molar-refractivity contribution in [1.82, 2.24) is 9.78 Å². The van der Waals surface area contributed by atoms with Crippen LogP contribution in [0.3, 0.4) is 0 Å². The molecule has 0 radical (unpaired) electrons. The minimum absolute atomic E-state index is 0.232. The zero-order valence-corrected chi connectivity index (χ0v) is 15.0. The van der Waals surface area contributed by atoms with Crippen LogP contribution >= 0.6 is 0 Å². The minimum atomic E-state index is -0.872. The number of para-hydroxylation sites is 1. The number of esters is 1. The summed E-state index contributed by atoms with van der Waals surface area (Å²) in [6.45, 7) is 5.15. The first kappa shape index (κ1) is 17.6. The van der Waals surface area contributed by atoms with Gasteiger partial charge in [-0.05, 0) is 32.9 Å². The molecule has 0 fully saturated rings. The summed E-state index contributed by atoms with van der Waals surface area (Å²) in [5.74, 6) is -0.774. The predicted molar refractivity (Wildman–Crippen MR) is 98.7 cm³/mol. The largest absolute Gasteiger partial charge is 0.451 e. The van der Waals surface area contributed by atoms with E-state index >= 15 is 0 Å². The van der Waals surface area contributed by atoms with Crippen molar-refractivity contribution in [3.05, 3.63) is 83.2 Å². The molecule has 1 heterocycles. The Morgan fingerprint density at radius 2 is 1.54 bits per heavy atom. The number of hydrogen-bond acceptors (Lipinski definition) is 4. The summed E-state index contributed by atoms with van der Waals surface area (Å²) in [5, 5.41) is 4.44. The van der Waals surface area contributed by atoms with E-state index in [1.807, 2.05) is 43.3 Å². The average molecular weight is 348 g/mol. The van der Waals surface area contributed by atoms with E-state index in [0.717, 1.165) is 5.69 Å².